The van der Waals surface area contributed by atoms with Gasteiger partial charge in [-0.25, -0.2) is 14.4 Å². The number of carbonyl (C=O) groups excluding carboxylic acids is 3. The Morgan fingerprint density at radius 1 is 0.972 bits per heavy atom. The number of rotatable bonds is 3. The number of hydrogen-bond donors (Lipinski definition) is 1. The van der Waals surface area contributed by atoms with Crippen LogP contribution in [0.15, 0.2) is 30.3 Å². The molecule has 0 unspecified atom stereocenters. The molecule has 194 valence electrons. The molecule has 7 nitrogen and oxygen atoms in total. The number of aromatic amines is 2. The van der Waals surface area contributed by atoms with Crippen LogP contribution in [0.4, 0.5) is 30.7 Å². The number of benzene rings is 1. The van der Waals surface area contributed by atoms with E-state index in [0.717, 1.165) is 17.4 Å². The number of carbonyl (C=O) groups is 3. The molecule has 1 fully saturated rings. The molecular formula is C21H16F7N3O4S. The molecule has 1 aliphatic rings. The van der Waals surface area contributed by atoms with Crippen LogP contribution in [-0.2, 0) is 4.79 Å². The van der Waals surface area contributed by atoms with E-state index >= 15 is 0 Å². The summed E-state index contributed by atoms with van der Waals surface area (Å²) in [5.41, 5.74) is 1.46. The number of Topliss-reactive ketones (excluding diaryl/α,β-unsaturated/α-hetero) is 1. The molecule has 1 saturated heterocycles. The molecule has 0 spiro atoms. The molecule has 1 aliphatic heterocycles. The number of thiophene rings is 1. The van der Waals surface area contributed by atoms with Crippen molar-refractivity contribution in [3.63, 3.8) is 0 Å². The highest BCUT2D eigenvalue weighted by Crippen LogP contribution is 2.30. The lowest BCUT2D eigenvalue weighted by atomic mass is 9.96. The predicted molar refractivity (Wildman–Crippen MR) is 108 cm³/mol. The van der Waals surface area contributed by atoms with Crippen LogP contribution in [0.2, 0.25) is 0 Å². The second-order valence-corrected chi connectivity index (χ2v) is 8.78. The van der Waals surface area contributed by atoms with Crippen molar-refractivity contribution in [3.8, 4) is 0 Å². The van der Waals surface area contributed by atoms with Crippen molar-refractivity contribution in [2.45, 2.75) is 31.1 Å². The number of nitrogens with zero attached hydrogens (tertiary/aromatic N) is 1. The first kappa shape index (κ1) is 27.1. The number of fused-ring (bicyclic) bond motifs is 1. The third-order valence-corrected chi connectivity index (χ3v) is 6.31. The minimum absolute atomic E-state index is 0.115. The van der Waals surface area contributed by atoms with Crippen LogP contribution in [0.1, 0.15) is 43.9 Å². The number of alkyl halides is 6. The van der Waals surface area contributed by atoms with Gasteiger partial charge in [0.2, 0.25) is 0 Å². The highest BCUT2D eigenvalue weighted by Gasteiger charge is 2.40. The smallest absolute Gasteiger partial charge is 0.455 e. The fourth-order valence-corrected chi connectivity index (χ4v) is 4.43. The van der Waals surface area contributed by atoms with Crippen molar-refractivity contribution in [1.29, 1.82) is 0 Å². The van der Waals surface area contributed by atoms with E-state index in [9.17, 15) is 40.3 Å². The summed E-state index contributed by atoms with van der Waals surface area (Å²) in [5, 5.41) is 8.78. The molecule has 15 heteroatoms. The topological polar surface area (TPSA) is 107 Å². The number of imidazole rings is 1. The Kier molecular flexibility index (Phi) is 7.71. The molecule has 3 aromatic rings. The Balaban J connectivity index is 0.000000454. The molecule has 1 amide bonds. The fraction of sp³-hybridized carbons (Fsp3) is 0.333. The van der Waals surface area contributed by atoms with Crippen LogP contribution in [-0.4, -0.2) is 53.0 Å². The van der Waals surface area contributed by atoms with Crippen LogP contribution in [0, 0.1) is 5.82 Å². The summed E-state index contributed by atoms with van der Waals surface area (Å²) in [6, 6.07) is 6.73. The number of H-pyrrole nitrogens is 2. The van der Waals surface area contributed by atoms with Gasteiger partial charge in [0.25, 0.3) is 17.5 Å². The van der Waals surface area contributed by atoms with Gasteiger partial charge < -0.3 is 14.8 Å². The number of hydrogen-bond acceptors (Lipinski definition) is 5. The number of carboxylic acid groups (broad SMARTS) is 1. The van der Waals surface area contributed by atoms with E-state index in [2.05, 4.69) is 9.97 Å². The van der Waals surface area contributed by atoms with Gasteiger partial charge in [0.15, 0.2) is 11.0 Å². The molecule has 0 aliphatic carbocycles. The molecule has 3 heterocycles. The largest absolute Gasteiger partial charge is 0.542 e. The summed E-state index contributed by atoms with van der Waals surface area (Å²) in [6.07, 6.45) is -8.85. The number of piperidine rings is 1. The van der Waals surface area contributed by atoms with Gasteiger partial charge in [-0.2, -0.15) is 26.3 Å². The Bertz CT molecular complexity index is 1270. The maximum atomic E-state index is 13.3. The molecule has 0 atom stereocenters. The van der Waals surface area contributed by atoms with Gasteiger partial charge in [0.05, 0.1) is 15.7 Å². The van der Waals surface area contributed by atoms with Crippen molar-refractivity contribution >= 4 is 40.0 Å². The first-order chi connectivity index (χ1) is 16.7. The molecule has 2 N–H and O–H groups in total. The predicted octanol–water partition coefficient (Wildman–Crippen LogP) is 3.25. The summed E-state index contributed by atoms with van der Waals surface area (Å²) in [4.78, 5) is 40.3. The number of aromatic nitrogens is 2. The maximum absolute atomic E-state index is 13.3. The zero-order chi connectivity index (χ0) is 26.8. The summed E-state index contributed by atoms with van der Waals surface area (Å²) < 4.78 is 82.5. The normalized spacial score (nSPS) is 14.9. The monoisotopic (exact) mass is 539 g/mol. The number of likely N-dealkylation sites (tertiary alicyclic amines) is 1. The highest BCUT2D eigenvalue weighted by molar-refractivity contribution is 7.16. The van der Waals surface area contributed by atoms with Crippen molar-refractivity contribution in [1.82, 2.24) is 9.88 Å². The first-order valence-corrected chi connectivity index (χ1v) is 11.0. The molecule has 4 rings (SSSR count). The van der Waals surface area contributed by atoms with Gasteiger partial charge >= 0.3 is 12.4 Å². The Morgan fingerprint density at radius 3 is 2.11 bits per heavy atom. The highest BCUT2D eigenvalue weighted by atomic mass is 32.1. The van der Waals surface area contributed by atoms with Gasteiger partial charge in [-0.3, -0.25) is 9.59 Å². The minimum Gasteiger partial charge on any atom is -0.542 e. The number of nitrogens with one attached hydrogen (secondary N) is 2. The standard InChI is InChI=1S/C19H15F4N3O2S.C2HF3O2/c20-11-1-2-12-13(9-11)25-17(24-12)10-5-7-26(8-6-10)18(28)15-4-3-14(29-15)16(27)19(21,22)23;3-2(4,5)1(6)7/h1-4,9-10H,5-8H2,(H,24,25);(H,6,7). The zero-order valence-electron chi connectivity index (χ0n) is 17.9. The maximum Gasteiger partial charge on any atom is 0.455 e. The molecule has 2 aromatic heterocycles. The number of aliphatic carboxylic acids is 1. The van der Waals surface area contributed by atoms with E-state index in [4.69, 9.17) is 9.90 Å². The quantitative estimate of drug-likeness (QED) is 0.407. The molecule has 0 radical (unpaired) electrons. The lowest BCUT2D eigenvalue weighted by Gasteiger charge is -2.29. The SMILES string of the molecule is O=C([O-])C(F)(F)F.O=C(c1ccc(C(=O)C(F)(F)F)s1)N1CCC(c2[nH]c3cc(F)ccc3[nH+]2)CC1. The summed E-state index contributed by atoms with van der Waals surface area (Å²) in [6.45, 7) is 0.864. The summed E-state index contributed by atoms with van der Waals surface area (Å²) >= 11 is 0.562. The fourth-order valence-electron chi connectivity index (χ4n) is 3.50. The summed E-state index contributed by atoms with van der Waals surface area (Å²) in [5.74, 6) is -4.68. The molecule has 0 saturated carbocycles. The van der Waals surface area contributed by atoms with Gasteiger partial charge in [-0.15, -0.1) is 11.3 Å². The van der Waals surface area contributed by atoms with Crippen LogP contribution >= 0.6 is 11.3 Å². The summed E-state index contributed by atoms with van der Waals surface area (Å²) in [7, 11) is 0. The minimum atomic E-state index is -5.19. The average molecular weight is 539 g/mol. The van der Waals surface area contributed by atoms with E-state index in [1.807, 2.05) is 0 Å². The number of halogens is 7. The van der Waals surface area contributed by atoms with E-state index < -0.39 is 29.0 Å². The van der Waals surface area contributed by atoms with Crippen LogP contribution in [0.5, 0.6) is 0 Å². The van der Waals surface area contributed by atoms with Crippen molar-refractivity contribution in [3.05, 3.63) is 51.7 Å². The molecular weight excluding hydrogens is 523 g/mol. The van der Waals surface area contributed by atoms with E-state index in [1.165, 1.54) is 18.2 Å². The Morgan fingerprint density at radius 2 is 1.56 bits per heavy atom. The first-order valence-electron chi connectivity index (χ1n) is 10.2. The van der Waals surface area contributed by atoms with Gasteiger partial charge in [-0.05, 0) is 37.1 Å². The Hall–Kier alpha value is -3.49. The van der Waals surface area contributed by atoms with Crippen LogP contribution in [0.3, 0.4) is 0 Å². The van der Waals surface area contributed by atoms with Crippen molar-refractivity contribution < 1.29 is 55.2 Å². The van der Waals surface area contributed by atoms with Gasteiger partial charge in [-0.1, -0.05) is 0 Å². The van der Waals surface area contributed by atoms with Crippen LogP contribution < -0.4 is 10.1 Å². The molecule has 1 aromatic carbocycles. The number of amides is 1. The molecule has 0 bridgehead atoms. The van der Waals surface area contributed by atoms with Gasteiger partial charge in [0, 0.05) is 19.2 Å². The van der Waals surface area contributed by atoms with Gasteiger partial charge in [0.1, 0.15) is 11.8 Å². The third-order valence-electron chi connectivity index (χ3n) is 5.24. The van der Waals surface area contributed by atoms with Crippen molar-refractivity contribution in [2.24, 2.45) is 0 Å². The van der Waals surface area contributed by atoms with E-state index in [-0.39, 0.29) is 22.5 Å². The lowest BCUT2D eigenvalue weighted by molar-refractivity contribution is -0.361. The van der Waals surface area contributed by atoms with E-state index in [1.54, 1.807) is 11.0 Å². The zero-order valence-corrected chi connectivity index (χ0v) is 18.7. The Labute approximate surface area is 201 Å². The van der Waals surface area contributed by atoms with Crippen molar-refractivity contribution in [2.75, 3.05) is 13.1 Å². The number of ketones is 1. The second kappa shape index (κ2) is 10.2. The second-order valence-electron chi connectivity index (χ2n) is 7.70. The van der Waals surface area contributed by atoms with E-state index in [0.29, 0.717) is 42.8 Å². The van der Waals surface area contributed by atoms with Crippen LogP contribution in [0.25, 0.3) is 11.0 Å². The molecule has 36 heavy (non-hydrogen) atoms. The third kappa shape index (κ3) is 6.38. The lowest BCUT2D eigenvalue weighted by Crippen LogP contribution is -2.38. The number of carboxylic acids is 1. The average Bonchev–Trinajstić information content (AvgIpc) is 3.44.